The number of likely N-dealkylation sites (N-methyl/N-ethyl adjacent to an activating group) is 1. The summed E-state index contributed by atoms with van der Waals surface area (Å²) in [5.41, 5.74) is 0. The van der Waals surface area contributed by atoms with E-state index < -0.39 is 0 Å². The monoisotopic (exact) mass is 282 g/mol. The average molecular weight is 282 g/mol. The molecule has 116 valence electrons. The SMILES string of the molecule is CN(CC(=O)NC1CCCCC1)CC1CCCCC1O. The summed E-state index contributed by atoms with van der Waals surface area (Å²) in [4.78, 5) is 14.1. The second-order valence-corrected chi connectivity index (χ2v) is 6.71. The molecule has 1 amide bonds. The fourth-order valence-corrected chi connectivity index (χ4v) is 3.63. The molecule has 2 fully saturated rings. The minimum atomic E-state index is -0.174. The maximum atomic E-state index is 12.0. The third-order valence-corrected chi connectivity index (χ3v) is 4.80. The number of aliphatic hydroxyl groups is 1. The number of hydrogen-bond donors (Lipinski definition) is 2. The van der Waals surface area contributed by atoms with Crippen molar-refractivity contribution in [3.05, 3.63) is 0 Å². The van der Waals surface area contributed by atoms with Gasteiger partial charge in [0.2, 0.25) is 5.91 Å². The molecule has 0 spiro atoms. The van der Waals surface area contributed by atoms with Gasteiger partial charge in [-0.2, -0.15) is 0 Å². The van der Waals surface area contributed by atoms with Gasteiger partial charge in [-0.15, -0.1) is 0 Å². The van der Waals surface area contributed by atoms with Crippen LogP contribution in [0.25, 0.3) is 0 Å². The second-order valence-electron chi connectivity index (χ2n) is 6.71. The normalized spacial score (nSPS) is 28.6. The molecule has 0 bridgehead atoms. The van der Waals surface area contributed by atoms with Crippen LogP contribution in [0.3, 0.4) is 0 Å². The van der Waals surface area contributed by atoms with Gasteiger partial charge in [0.1, 0.15) is 0 Å². The number of carbonyl (C=O) groups is 1. The van der Waals surface area contributed by atoms with Crippen LogP contribution in [-0.2, 0) is 4.79 Å². The Balaban J connectivity index is 1.67. The molecule has 20 heavy (non-hydrogen) atoms. The summed E-state index contributed by atoms with van der Waals surface area (Å²) in [6, 6.07) is 0.393. The molecule has 2 saturated carbocycles. The second kappa shape index (κ2) is 7.99. The summed E-state index contributed by atoms with van der Waals surface area (Å²) in [5, 5.41) is 13.1. The number of nitrogens with one attached hydrogen (secondary N) is 1. The first-order chi connectivity index (χ1) is 9.65. The molecule has 2 N–H and O–H groups in total. The maximum absolute atomic E-state index is 12.0. The van der Waals surface area contributed by atoms with Crippen LogP contribution in [0.4, 0.5) is 0 Å². The van der Waals surface area contributed by atoms with Crippen LogP contribution in [0.1, 0.15) is 57.8 Å². The average Bonchev–Trinajstić information content (AvgIpc) is 2.42. The summed E-state index contributed by atoms with van der Waals surface area (Å²) in [7, 11) is 1.99. The van der Waals surface area contributed by atoms with E-state index in [-0.39, 0.29) is 12.0 Å². The molecule has 0 heterocycles. The Labute approximate surface area is 122 Å². The van der Waals surface area contributed by atoms with Crippen LogP contribution in [0.5, 0.6) is 0 Å². The Morgan fingerprint density at radius 1 is 1.10 bits per heavy atom. The van der Waals surface area contributed by atoms with Crippen molar-refractivity contribution in [3.8, 4) is 0 Å². The van der Waals surface area contributed by atoms with Gasteiger partial charge in [0.25, 0.3) is 0 Å². The Hall–Kier alpha value is -0.610. The first-order valence-electron chi connectivity index (χ1n) is 8.31. The number of aliphatic hydroxyl groups excluding tert-OH is 1. The van der Waals surface area contributed by atoms with E-state index in [1.807, 2.05) is 7.05 Å². The van der Waals surface area contributed by atoms with Gasteiger partial charge in [-0.3, -0.25) is 9.69 Å². The zero-order valence-electron chi connectivity index (χ0n) is 12.8. The van der Waals surface area contributed by atoms with Gasteiger partial charge in [0.15, 0.2) is 0 Å². The van der Waals surface area contributed by atoms with Crippen LogP contribution >= 0.6 is 0 Å². The summed E-state index contributed by atoms with van der Waals surface area (Å²) in [6.45, 7) is 1.29. The fraction of sp³-hybridized carbons (Fsp3) is 0.938. The summed E-state index contributed by atoms with van der Waals surface area (Å²) in [5.74, 6) is 0.487. The molecule has 0 radical (unpaired) electrons. The highest BCUT2D eigenvalue weighted by atomic mass is 16.3. The topological polar surface area (TPSA) is 52.6 Å². The number of nitrogens with zero attached hydrogens (tertiary/aromatic N) is 1. The highest BCUT2D eigenvalue weighted by Crippen LogP contribution is 2.24. The van der Waals surface area contributed by atoms with Crippen LogP contribution in [-0.4, -0.2) is 48.2 Å². The molecule has 4 heteroatoms. The van der Waals surface area contributed by atoms with Gasteiger partial charge in [0.05, 0.1) is 12.6 Å². The third kappa shape index (κ3) is 5.06. The number of rotatable bonds is 5. The molecule has 2 aliphatic carbocycles. The molecule has 0 aromatic heterocycles. The van der Waals surface area contributed by atoms with Crippen molar-refractivity contribution in [2.45, 2.75) is 69.9 Å². The molecule has 2 rings (SSSR count). The van der Waals surface area contributed by atoms with Crippen molar-refractivity contribution >= 4 is 5.91 Å². The zero-order valence-corrected chi connectivity index (χ0v) is 12.8. The predicted molar refractivity (Wildman–Crippen MR) is 80.5 cm³/mol. The van der Waals surface area contributed by atoms with E-state index in [0.29, 0.717) is 18.5 Å². The number of amides is 1. The lowest BCUT2D eigenvalue weighted by molar-refractivity contribution is -0.123. The van der Waals surface area contributed by atoms with Gasteiger partial charge >= 0.3 is 0 Å². The number of hydrogen-bond acceptors (Lipinski definition) is 3. The highest BCUT2D eigenvalue weighted by Gasteiger charge is 2.25. The fourth-order valence-electron chi connectivity index (χ4n) is 3.63. The van der Waals surface area contributed by atoms with Gasteiger partial charge in [-0.25, -0.2) is 0 Å². The van der Waals surface area contributed by atoms with Crippen molar-refractivity contribution in [1.82, 2.24) is 10.2 Å². The van der Waals surface area contributed by atoms with Crippen LogP contribution in [0.2, 0.25) is 0 Å². The Morgan fingerprint density at radius 2 is 1.75 bits per heavy atom. The third-order valence-electron chi connectivity index (χ3n) is 4.80. The lowest BCUT2D eigenvalue weighted by Crippen LogP contribution is -2.44. The molecule has 2 unspecified atom stereocenters. The molecule has 0 aromatic carbocycles. The summed E-state index contributed by atoms with van der Waals surface area (Å²) >= 11 is 0. The molecule has 0 aromatic rings. The van der Waals surface area contributed by atoms with Crippen molar-refractivity contribution in [1.29, 1.82) is 0 Å². The molecule has 2 atom stereocenters. The smallest absolute Gasteiger partial charge is 0.234 e. The van der Waals surface area contributed by atoms with E-state index in [1.165, 1.54) is 25.7 Å². The molecule has 0 saturated heterocycles. The van der Waals surface area contributed by atoms with E-state index >= 15 is 0 Å². The van der Waals surface area contributed by atoms with Gasteiger partial charge in [0, 0.05) is 12.6 Å². The Bertz CT molecular complexity index is 303. The lowest BCUT2D eigenvalue weighted by atomic mass is 9.86. The van der Waals surface area contributed by atoms with E-state index in [0.717, 1.165) is 38.6 Å². The standard InChI is InChI=1S/C16H30N2O2/c1-18(11-13-7-5-6-10-15(13)19)12-16(20)17-14-8-3-2-4-9-14/h13-15,19H,2-12H2,1H3,(H,17,20). The lowest BCUT2D eigenvalue weighted by Gasteiger charge is -2.31. The van der Waals surface area contributed by atoms with Crippen LogP contribution < -0.4 is 5.32 Å². The molecular weight excluding hydrogens is 252 g/mol. The molecule has 2 aliphatic rings. The minimum Gasteiger partial charge on any atom is -0.393 e. The van der Waals surface area contributed by atoms with E-state index in [4.69, 9.17) is 0 Å². The largest absolute Gasteiger partial charge is 0.393 e. The summed E-state index contributed by atoms with van der Waals surface area (Å²) in [6.07, 6.45) is 10.3. The van der Waals surface area contributed by atoms with E-state index in [9.17, 15) is 9.90 Å². The first-order valence-corrected chi connectivity index (χ1v) is 8.31. The van der Waals surface area contributed by atoms with Crippen LogP contribution in [0.15, 0.2) is 0 Å². The summed E-state index contributed by atoms with van der Waals surface area (Å²) < 4.78 is 0. The van der Waals surface area contributed by atoms with E-state index in [1.54, 1.807) is 0 Å². The molecular formula is C16H30N2O2. The Morgan fingerprint density at radius 3 is 2.45 bits per heavy atom. The predicted octanol–water partition coefficient (Wildman–Crippen LogP) is 1.92. The molecule has 4 nitrogen and oxygen atoms in total. The first kappa shape index (κ1) is 15.8. The van der Waals surface area contributed by atoms with Crippen molar-refractivity contribution in [2.24, 2.45) is 5.92 Å². The number of carbonyl (C=O) groups excluding carboxylic acids is 1. The van der Waals surface area contributed by atoms with Gasteiger partial charge in [-0.05, 0) is 38.6 Å². The molecule has 0 aliphatic heterocycles. The van der Waals surface area contributed by atoms with Crippen molar-refractivity contribution < 1.29 is 9.90 Å². The zero-order chi connectivity index (χ0) is 14.4. The quantitative estimate of drug-likeness (QED) is 0.810. The van der Waals surface area contributed by atoms with Crippen LogP contribution in [0, 0.1) is 5.92 Å². The van der Waals surface area contributed by atoms with Crippen molar-refractivity contribution in [3.63, 3.8) is 0 Å². The minimum absolute atomic E-state index is 0.143. The van der Waals surface area contributed by atoms with Gasteiger partial charge in [-0.1, -0.05) is 32.1 Å². The maximum Gasteiger partial charge on any atom is 0.234 e. The van der Waals surface area contributed by atoms with Gasteiger partial charge < -0.3 is 10.4 Å². The highest BCUT2D eigenvalue weighted by molar-refractivity contribution is 5.78. The van der Waals surface area contributed by atoms with E-state index in [2.05, 4.69) is 10.2 Å². The Kier molecular flexibility index (Phi) is 6.30. The van der Waals surface area contributed by atoms with Crippen molar-refractivity contribution in [2.75, 3.05) is 20.1 Å².